The number of thioether (sulfide) groups is 1. The summed E-state index contributed by atoms with van der Waals surface area (Å²) in [6, 6.07) is 5.41. The molecule has 0 aliphatic heterocycles. The predicted molar refractivity (Wildman–Crippen MR) is 68.7 cm³/mol. The first-order valence-electron chi connectivity index (χ1n) is 5.38. The number of aryl methyl sites for hydroxylation is 2. The molecule has 2 aromatic rings. The van der Waals surface area contributed by atoms with Crippen molar-refractivity contribution >= 4 is 17.7 Å². The van der Waals surface area contributed by atoms with Crippen LogP contribution in [0.15, 0.2) is 29.3 Å². The summed E-state index contributed by atoms with van der Waals surface area (Å²) in [5.41, 5.74) is 2.15. The molecule has 0 bridgehead atoms. The molecular weight excluding hydrogens is 250 g/mol. The molecule has 2 aromatic heterocycles. The first kappa shape index (κ1) is 12.6. The summed E-state index contributed by atoms with van der Waals surface area (Å²) in [5.74, 6) is -0.255. The molecule has 1 N–H and O–H groups in total. The largest absolute Gasteiger partial charge is 0.477 e. The number of aromatic carboxylic acids is 1. The maximum atomic E-state index is 10.8. The fourth-order valence-corrected chi connectivity index (χ4v) is 2.51. The van der Waals surface area contributed by atoms with Gasteiger partial charge in [0.1, 0.15) is 5.69 Å². The smallest absolute Gasteiger partial charge is 0.354 e. The van der Waals surface area contributed by atoms with Crippen LogP contribution in [0.1, 0.15) is 21.9 Å². The third-order valence-electron chi connectivity index (χ3n) is 2.44. The molecule has 0 radical (unpaired) electrons. The van der Waals surface area contributed by atoms with E-state index in [1.807, 2.05) is 24.7 Å². The second kappa shape index (κ2) is 5.22. The molecule has 6 heteroatoms. The Labute approximate surface area is 109 Å². The van der Waals surface area contributed by atoms with E-state index in [0.29, 0.717) is 0 Å². The summed E-state index contributed by atoms with van der Waals surface area (Å²) in [6.45, 7) is 1.95. The highest BCUT2D eigenvalue weighted by molar-refractivity contribution is 7.98. The third-order valence-corrected chi connectivity index (χ3v) is 3.46. The van der Waals surface area contributed by atoms with Gasteiger partial charge in [-0.1, -0.05) is 0 Å². The molecule has 0 saturated carbocycles. The number of carbonyl (C=O) groups is 1. The van der Waals surface area contributed by atoms with Gasteiger partial charge in [0, 0.05) is 29.6 Å². The highest BCUT2D eigenvalue weighted by Gasteiger charge is 2.07. The average Bonchev–Trinajstić information content (AvgIpc) is 2.65. The fraction of sp³-hybridized carbons (Fsp3) is 0.250. The van der Waals surface area contributed by atoms with Crippen LogP contribution in [0.5, 0.6) is 0 Å². The highest BCUT2D eigenvalue weighted by atomic mass is 32.2. The molecule has 0 aromatic carbocycles. The summed E-state index contributed by atoms with van der Waals surface area (Å²) in [4.78, 5) is 15.5. The molecule has 5 nitrogen and oxygen atoms in total. The van der Waals surface area contributed by atoms with Crippen molar-refractivity contribution in [1.82, 2.24) is 14.8 Å². The average molecular weight is 263 g/mol. The number of hydrogen-bond acceptors (Lipinski definition) is 4. The molecule has 18 heavy (non-hydrogen) atoms. The minimum absolute atomic E-state index is 0.0705. The van der Waals surface area contributed by atoms with Crippen LogP contribution in [-0.2, 0) is 12.8 Å². The summed E-state index contributed by atoms with van der Waals surface area (Å²) in [7, 11) is 1.90. The Morgan fingerprint density at radius 3 is 2.89 bits per heavy atom. The third kappa shape index (κ3) is 2.89. The Balaban J connectivity index is 2.08. The molecule has 94 valence electrons. The monoisotopic (exact) mass is 263 g/mol. The van der Waals surface area contributed by atoms with Crippen molar-refractivity contribution in [2.45, 2.75) is 17.6 Å². The van der Waals surface area contributed by atoms with Crippen molar-refractivity contribution in [2.75, 3.05) is 0 Å². The second-order valence-electron chi connectivity index (χ2n) is 3.87. The van der Waals surface area contributed by atoms with Crippen molar-refractivity contribution < 1.29 is 9.90 Å². The Morgan fingerprint density at radius 2 is 2.28 bits per heavy atom. The van der Waals surface area contributed by atoms with E-state index in [2.05, 4.69) is 10.1 Å². The highest BCUT2D eigenvalue weighted by Crippen LogP contribution is 2.23. The number of nitrogens with zero attached hydrogens (tertiary/aromatic N) is 3. The minimum Gasteiger partial charge on any atom is -0.477 e. The van der Waals surface area contributed by atoms with Crippen molar-refractivity contribution in [3.8, 4) is 0 Å². The predicted octanol–water partition coefficient (Wildman–Crippen LogP) is 2.11. The van der Waals surface area contributed by atoms with E-state index in [0.717, 1.165) is 22.0 Å². The first-order chi connectivity index (χ1) is 8.56. The van der Waals surface area contributed by atoms with E-state index in [1.165, 1.54) is 6.20 Å². The zero-order valence-electron chi connectivity index (χ0n) is 10.1. The van der Waals surface area contributed by atoms with Gasteiger partial charge < -0.3 is 5.11 Å². The van der Waals surface area contributed by atoms with Gasteiger partial charge in [0.15, 0.2) is 0 Å². The number of carboxylic acids is 1. The molecule has 0 amide bonds. The van der Waals surface area contributed by atoms with E-state index in [9.17, 15) is 4.79 Å². The van der Waals surface area contributed by atoms with Gasteiger partial charge in [-0.05, 0) is 25.1 Å². The molecule has 0 spiro atoms. The molecule has 0 aliphatic rings. The van der Waals surface area contributed by atoms with Crippen LogP contribution in [0, 0.1) is 6.92 Å². The zero-order chi connectivity index (χ0) is 13.1. The Kier molecular flexibility index (Phi) is 3.66. The zero-order valence-corrected chi connectivity index (χ0v) is 10.9. The Bertz CT molecular complexity index is 580. The summed E-state index contributed by atoms with van der Waals surface area (Å²) < 4.78 is 1.83. The van der Waals surface area contributed by atoms with Crippen LogP contribution in [0.4, 0.5) is 0 Å². The molecule has 0 aliphatic carbocycles. The standard InChI is InChI=1S/C12H13N3O2S/c1-8-5-9(15(2)14-8)7-18-10-3-4-13-11(6-10)12(16)17/h3-6H,7H2,1-2H3,(H,16,17). The van der Waals surface area contributed by atoms with Gasteiger partial charge in [-0.25, -0.2) is 9.78 Å². The maximum Gasteiger partial charge on any atom is 0.354 e. The van der Waals surface area contributed by atoms with Crippen LogP contribution in [0.25, 0.3) is 0 Å². The molecule has 0 saturated heterocycles. The topological polar surface area (TPSA) is 68.0 Å². The molecule has 0 unspecified atom stereocenters. The summed E-state index contributed by atoms with van der Waals surface area (Å²) in [5, 5.41) is 13.1. The fourth-order valence-electron chi connectivity index (χ4n) is 1.57. The van der Waals surface area contributed by atoms with Gasteiger partial charge in [0.25, 0.3) is 0 Å². The number of rotatable bonds is 4. The van der Waals surface area contributed by atoms with Crippen LogP contribution in [-0.4, -0.2) is 25.8 Å². The normalized spacial score (nSPS) is 10.6. The molecule has 0 atom stereocenters. The first-order valence-corrected chi connectivity index (χ1v) is 6.36. The molecular formula is C12H13N3O2S. The van der Waals surface area contributed by atoms with Crippen molar-refractivity contribution in [3.63, 3.8) is 0 Å². The minimum atomic E-state index is -1.01. The molecule has 0 fully saturated rings. The number of carboxylic acid groups (broad SMARTS) is 1. The lowest BCUT2D eigenvalue weighted by atomic mass is 10.3. The van der Waals surface area contributed by atoms with E-state index in [4.69, 9.17) is 5.11 Å². The Hall–Kier alpha value is -1.82. The second-order valence-corrected chi connectivity index (χ2v) is 4.92. The van der Waals surface area contributed by atoms with Crippen LogP contribution in [0.2, 0.25) is 0 Å². The lowest BCUT2D eigenvalue weighted by molar-refractivity contribution is 0.0690. The van der Waals surface area contributed by atoms with Crippen molar-refractivity contribution in [3.05, 3.63) is 41.5 Å². The Morgan fingerprint density at radius 1 is 1.50 bits per heavy atom. The van der Waals surface area contributed by atoms with Gasteiger partial charge in [0.05, 0.1) is 5.69 Å². The van der Waals surface area contributed by atoms with Gasteiger partial charge in [-0.15, -0.1) is 11.8 Å². The van der Waals surface area contributed by atoms with E-state index >= 15 is 0 Å². The van der Waals surface area contributed by atoms with Gasteiger partial charge in [-0.3, -0.25) is 4.68 Å². The van der Waals surface area contributed by atoms with Gasteiger partial charge >= 0.3 is 5.97 Å². The lowest BCUT2D eigenvalue weighted by Gasteiger charge is -2.03. The summed E-state index contributed by atoms with van der Waals surface area (Å²) >= 11 is 1.57. The van der Waals surface area contributed by atoms with Crippen molar-refractivity contribution in [2.24, 2.45) is 7.05 Å². The van der Waals surface area contributed by atoms with Crippen molar-refractivity contribution in [1.29, 1.82) is 0 Å². The number of hydrogen-bond donors (Lipinski definition) is 1. The molecule has 2 heterocycles. The lowest BCUT2D eigenvalue weighted by Crippen LogP contribution is -1.99. The van der Waals surface area contributed by atoms with Gasteiger partial charge in [-0.2, -0.15) is 5.10 Å². The SMILES string of the molecule is Cc1cc(CSc2ccnc(C(=O)O)c2)n(C)n1. The van der Waals surface area contributed by atoms with E-state index in [-0.39, 0.29) is 5.69 Å². The van der Waals surface area contributed by atoms with E-state index < -0.39 is 5.97 Å². The number of aromatic nitrogens is 3. The van der Waals surface area contributed by atoms with E-state index in [1.54, 1.807) is 23.9 Å². The van der Waals surface area contributed by atoms with Crippen LogP contribution < -0.4 is 0 Å². The number of pyridine rings is 1. The maximum absolute atomic E-state index is 10.8. The van der Waals surface area contributed by atoms with Crippen LogP contribution in [0.3, 0.4) is 0 Å². The summed E-state index contributed by atoms with van der Waals surface area (Å²) in [6.07, 6.45) is 1.51. The molecule has 2 rings (SSSR count). The van der Waals surface area contributed by atoms with Gasteiger partial charge in [0.2, 0.25) is 0 Å². The quantitative estimate of drug-likeness (QED) is 0.856. The van der Waals surface area contributed by atoms with Crippen LogP contribution >= 0.6 is 11.8 Å².